The van der Waals surface area contributed by atoms with Crippen molar-refractivity contribution in [3.63, 3.8) is 0 Å². The van der Waals surface area contributed by atoms with Crippen molar-refractivity contribution >= 4 is 16.9 Å². The van der Waals surface area contributed by atoms with Gasteiger partial charge in [0.15, 0.2) is 0 Å². The lowest BCUT2D eigenvalue weighted by molar-refractivity contribution is -0.0414. The lowest BCUT2D eigenvalue weighted by atomic mass is 10.00. The number of likely N-dealkylation sites (tertiary alicyclic amines) is 1. The van der Waals surface area contributed by atoms with Crippen LogP contribution in [0, 0.1) is 0 Å². The molecule has 1 aliphatic heterocycles. The highest BCUT2D eigenvalue weighted by atomic mass is 16.6. The Kier molecular flexibility index (Phi) is 7.14. The fourth-order valence-electron chi connectivity index (χ4n) is 3.74. The van der Waals surface area contributed by atoms with Crippen molar-refractivity contribution < 1.29 is 14.3 Å². The second-order valence-electron chi connectivity index (χ2n) is 8.79. The van der Waals surface area contributed by atoms with Crippen LogP contribution in [0.1, 0.15) is 46.1 Å². The number of amides is 1. The van der Waals surface area contributed by atoms with Crippen LogP contribution in [0.3, 0.4) is 0 Å². The molecule has 3 rings (SSSR count). The van der Waals surface area contributed by atoms with Gasteiger partial charge in [-0.25, -0.2) is 4.79 Å². The number of nitrogens with zero attached hydrogens (tertiary/aromatic N) is 1. The van der Waals surface area contributed by atoms with E-state index in [1.165, 1.54) is 10.8 Å². The van der Waals surface area contributed by atoms with Crippen LogP contribution in [0.25, 0.3) is 10.8 Å². The third-order valence-electron chi connectivity index (χ3n) is 5.22. The predicted octanol–water partition coefficient (Wildman–Crippen LogP) is 4.73. The maximum absolute atomic E-state index is 12.8. The number of rotatable bonds is 6. The van der Waals surface area contributed by atoms with E-state index in [0.29, 0.717) is 13.2 Å². The van der Waals surface area contributed by atoms with E-state index >= 15 is 0 Å². The van der Waals surface area contributed by atoms with Gasteiger partial charge in [0, 0.05) is 12.6 Å². The van der Waals surface area contributed by atoms with Gasteiger partial charge in [-0.2, -0.15) is 0 Å². The monoisotopic (exact) mass is 398 g/mol. The second-order valence-corrected chi connectivity index (χ2v) is 8.79. The van der Waals surface area contributed by atoms with Gasteiger partial charge in [-0.05, 0) is 62.6 Å². The number of benzene rings is 2. The molecule has 1 saturated heterocycles. The van der Waals surface area contributed by atoms with E-state index in [1.54, 1.807) is 0 Å². The van der Waals surface area contributed by atoms with Crippen LogP contribution >= 0.6 is 0 Å². The summed E-state index contributed by atoms with van der Waals surface area (Å²) in [6, 6.07) is 14.9. The third-order valence-corrected chi connectivity index (χ3v) is 5.22. The minimum Gasteiger partial charge on any atom is -0.444 e. The molecular formula is C24H34N2O3. The van der Waals surface area contributed by atoms with Crippen LogP contribution in [0.2, 0.25) is 0 Å². The maximum Gasteiger partial charge on any atom is 0.410 e. The maximum atomic E-state index is 12.8. The van der Waals surface area contributed by atoms with Crippen LogP contribution < -0.4 is 5.32 Å². The summed E-state index contributed by atoms with van der Waals surface area (Å²) >= 11 is 0. The summed E-state index contributed by atoms with van der Waals surface area (Å²) in [5, 5.41) is 5.82. The number of hydrogen-bond donors (Lipinski definition) is 1. The Morgan fingerprint density at radius 2 is 1.90 bits per heavy atom. The van der Waals surface area contributed by atoms with Crippen molar-refractivity contribution in [1.82, 2.24) is 10.2 Å². The van der Waals surface area contributed by atoms with Crippen molar-refractivity contribution in [1.29, 1.82) is 0 Å². The van der Waals surface area contributed by atoms with E-state index in [0.717, 1.165) is 31.5 Å². The second kappa shape index (κ2) is 9.59. The highest BCUT2D eigenvalue weighted by Crippen LogP contribution is 2.24. The number of nitrogens with one attached hydrogen (secondary N) is 1. The van der Waals surface area contributed by atoms with Crippen molar-refractivity contribution in [3.05, 3.63) is 48.0 Å². The normalized spacial score (nSPS) is 20.1. The predicted molar refractivity (Wildman–Crippen MR) is 117 cm³/mol. The number of hydrogen-bond acceptors (Lipinski definition) is 4. The zero-order valence-corrected chi connectivity index (χ0v) is 18.1. The van der Waals surface area contributed by atoms with Gasteiger partial charge in [-0.15, -0.1) is 0 Å². The van der Waals surface area contributed by atoms with Gasteiger partial charge in [-0.1, -0.05) is 43.3 Å². The molecule has 1 amide bonds. The lowest BCUT2D eigenvalue weighted by Gasteiger charge is -2.40. The third kappa shape index (κ3) is 6.18. The Morgan fingerprint density at radius 1 is 1.14 bits per heavy atom. The molecule has 0 saturated carbocycles. The average molecular weight is 399 g/mol. The first kappa shape index (κ1) is 21.6. The van der Waals surface area contributed by atoms with Gasteiger partial charge in [0.2, 0.25) is 0 Å². The molecule has 0 spiro atoms. The highest BCUT2D eigenvalue weighted by molar-refractivity contribution is 5.82. The summed E-state index contributed by atoms with van der Waals surface area (Å²) in [5.74, 6) is 0. The number of carbonyl (C=O) groups is 1. The number of likely N-dealkylation sites (N-methyl/N-ethyl adjacent to an activating group) is 1. The Labute approximate surface area is 174 Å². The Hall–Kier alpha value is -2.11. The molecule has 1 fully saturated rings. The molecule has 5 nitrogen and oxygen atoms in total. The van der Waals surface area contributed by atoms with Crippen LogP contribution in [0.4, 0.5) is 4.79 Å². The van der Waals surface area contributed by atoms with Crippen LogP contribution in [-0.2, 0) is 16.1 Å². The zero-order valence-electron chi connectivity index (χ0n) is 18.1. The lowest BCUT2D eigenvalue weighted by Crippen LogP contribution is -2.54. The van der Waals surface area contributed by atoms with Crippen molar-refractivity contribution in [2.45, 2.75) is 64.9 Å². The first-order chi connectivity index (χ1) is 13.9. The number of piperidine rings is 1. The molecule has 158 valence electrons. The van der Waals surface area contributed by atoms with Crippen LogP contribution in [-0.4, -0.2) is 48.4 Å². The molecule has 1 aliphatic rings. The standard InChI is InChI=1S/C24H34N2O3/c1-5-25-15-21-12-13-22(16-26(21)23(27)29-24(2,3)4)28-17-18-10-11-19-8-6-7-9-20(19)14-18/h6-11,14,21-22,25H,5,12-13,15-17H2,1-4H3. The minimum atomic E-state index is -0.501. The van der Waals surface area contributed by atoms with E-state index in [9.17, 15) is 4.79 Å². The van der Waals surface area contributed by atoms with Gasteiger partial charge in [-0.3, -0.25) is 0 Å². The van der Waals surface area contributed by atoms with Crippen LogP contribution in [0.5, 0.6) is 0 Å². The quantitative estimate of drug-likeness (QED) is 0.764. The van der Waals surface area contributed by atoms with E-state index in [1.807, 2.05) is 25.7 Å². The van der Waals surface area contributed by atoms with Gasteiger partial charge in [0.25, 0.3) is 0 Å². The molecule has 0 aliphatic carbocycles. The molecule has 0 bridgehead atoms. The Bertz CT molecular complexity index is 815. The van der Waals surface area contributed by atoms with Crippen molar-refractivity contribution in [2.24, 2.45) is 0 Å². The Balaban J connectivity index is 1.62. The van der Waals surface area contributed by atoms with Crippen molar-refractivity contribution in [3.8, 4) is 0 Å². The summed E-state index contributed by atoms with van der Waals surface area (Å²) < 4.78 is 11.9. The van der Waals surface area contributed by atoms with Gasteiger partial charge < -0.3 is 19.7 Å². The molecule has 1 heterocycles. The molecule has 2 aromatic carbocycles. The molecule has 1 N–H and O–H groups in total. The molecule has 0 radical (unpaired) electrons. The minimum absolute atomic E-state index is 0.0202. The van der Waals surface area contributed by atoms with Gasteiger partial charge in [0.1, 0.15) is 5.60 Å². The first-order valence-electron chi connectivity index (χ1n) is 10.7. The summed E-state index contributed by atoms with van der Waals surface area (Å²) in [4.78, 5) is 14.6. The van der Waals surface area contributed by atoms with E-state index < -0.39 is 5.60 Å². The smallest absolute Gasteiger partial charge is 0.410 e. The Morgan fingerprint density at radius 3 is 2.62 bits per heavy atom. The SMILES string of the molecule is CCNCC1CCC(OCc2ccc3ccccc3c2)CN1C(=O)OC(C)(C)C. The van der Waals surface area contributed by atoms with Gasteiger partial charge in [0.05, 0.1) is 19.3 Å². The largest absolute Gasteiger partial charge is 0.444 e. The first-order valence-corrected chi connectivity index (χ1v) is 10.7. The van der Waals surface area contributed by atoms with E-state index in [2.05, 4.69) is 54.7 Å². The molecule has 0 aromatic heterocycles. The molecular weight excluding hydrogens is 364 g/mol. The van der Waals surface area contributed by atoms with E-state index in [4.69, 9.17) is 9.47 Å². The number of ether oxygens (including phenoxy) is 2. The highest BCUT2D eigenvalue weighted by Gasteiger charge is 2.34. The summed E-state index contributed by atoms with van der Waals surface area (Å²) in [7, 11) is 0. The van der Waals surface area contributed by atoms with E-state index in [-0.39, 0.29) is 18.2 Å². The van der Waals surface area contributed by atoms with Crippen molar-refractivity contribution in [2.75, 3.05) is 19.6 Å². The topological polar surface area (TPSA) is 50.8 Å². The number of carbonyl (C=O) groups excluding carboxylic acids is 1. The number of fused-ring (bicyclic) bond motifs is 1. The summed E-state index contributed by atoms with van der Waals surface area (Å²) in [5.41, 5.74) is 0.654. The summed E-state index contributed by atoms with van der Waals surface area (Å²) in [6.45, 7) is 10.6. The fraction of sp³-hybridized carbons (Fsp3) is 0.542. The molecule has 2 unspecified atom stereocenters. The molecule has 29 heavy (non-hydrogen) atoms. The average Bonchev–Trinajstić information content (AvgIpc) is 2.69. The molecule has 2 atom stereocenters. The van der Waals surface area contributed by atoms with Crippen LogP contribution in [0.15, 0.2) is 42.5 Å². The molecule has 5 heteroatoms. The summed E-state index contributed by atoms with van der Waals surface area (Å²) in [6.07, 6.45) is 1.63. The zero-order chi connectivity index (χ0) is 20.9. The van der Waals surface area contributed by atoms with Gasteiger partial charge >= 0.3 is 6.09 Å². The molecule has 2 aromatic rings. The fourth-order valence-corrected chi connectivity index (χ4v) is 3.74.